The van der Waals surface area contributed by atoms with Gasteiger partial charge in [0.2, 0.25) is 0 Å². The lowest BCUT2D eigenvalue weighted by atomic mass is 10.1. The first-order chi connectivity index (χ1) is 19.2. The Balaban J connectivity index is -0.000000113. The van der Waals surface area contributed by atoms with Crippen molar-refractivity contribution < 1.29 is 38.1 Å². The fourth-order valence-corrected chi connectivity index (χ4v) is 2.56. The van der Waals surface area contributed by atoms with Crippen LogP contribution in [0.25, 0.3) is 0 Å². The first-order valence-electron chi connectivity index (χ1n) is 15.2. The van der Waals surface area contributed by atoms with E-state index in [4.69, 9.17) is 30.4 Å². The molecule has 0 aromatic heterocycles. The van der Waals surface area contributed by atoms with E-state index in [0.29, 0.717) is 19.4 Å². The average Bonchev–Trinajstić information content (AvgIpc) is 2.76. The molecule has 11 nitrogen and oxygen atoms in total. The van der Waals surface area contributed by atoms with Crippen molar-refractivity contribution in [2.75, 3.05) is 20.1 Å². The van der Waals surface area contributed by atoms with Gasteiger partial charge >= 0.3 is 23.9 Å². The van der Waals surface area contributed by atoms with Crippen molar-refractivity contribution >= 4 is 23.9 Å². The first kappa shape index (κ1) is 55.2. The Labute approximate surface area is 277 Å². The van der Waals surface area contributed by atoms with E-state index in [1.165, 1.54) is 0 Å². The van der Waals surface area contributed by atoms with E-state index in [-0.39, 0.29) is 62.1 Å². The predicted octanol–water partition coefficient (Wildman–Crippen LogP) is 6.47. The van der Waals surface area contributed by atoms with Crippen LogP contribution in [0.3, 0.4) is 0 Å². The molecule has 0 aliphatic heterocycles. The summed E-state index contributed by atoms with van der Waals surface area (Å²) in [6.07, 6.45) is 4.74. The maximum absolute atomic E-state index is 11.4. The predicted molar refractivity (Wildman–Crippen MR) is 187 cm³/mol. The Hall–Kier alpha value is -2.24. The van der Waals surface area contributed by atoms with Crippen molar-refractivity contribution in [1.29, 1.82) is 0 Å². The lowest BCUT2D eigenvalue weighted by Gasteiger charge is -2.22. The molecule has 45 heavy (non-hydrogen) atoms. The van der Waals surface area contributed by atoms with Gasteiger partial charge in [0.15, 0.2) is 0 Å². The van der Waals surface area contributed by atoms with E-state index in [9.17, 15) is 19.2 Å². The number of esters is 4. The highest BCUT2D eigenvalue weighted by Crippen LogP contribution is 2.11. The van der Waals surface area contributed by atoms with Crippen LogP contribution in [-0.2, 0) is 38.1 Å². The first-order valence-corrected chi connectivity index (χ1v) is 15.2. The lowest BCUT2D eigenvalue weighted by molar-refractivity contribution is -0.157. The molecule has 0 saturated carbocycles. The maximum atomic E-state index is 11.4. The van der Waals surface area contributed by atoms with E-state index in [1.54, 1.807) is 14.0 Å². The lowest BCUT2D eigenvalue weighted by Crippen LogP contribution is -2.37. The molecule has 0 bridgehead atoms. The van der Waals surface area contributed by atoms with Gasteiger partial charge in [-0.25, -0.2) is 0 Å². The van der Waals surface area contributed by atoms with E-state index >= 15 is 0 Å². The molecule has 0 radical (unpaired) electrons. The summed E-state index contributed by atoms with van der Waals surface area (Å²) in [6, 6.07) is -0.458. The summed E-state index contributed by atoms with van der Waals surface area (Å²) in [5.74, 6) is -0.860. The molecule has 274 valence electrons. The minimum absolute atomic E-state index is 0. The number of carbonyl (C=O) groups is 4. The molecule has 0 amide bonds. The summed E-state index contributed by atoms with van der Waals surface area (Å²) < 4.78 is 20.0. The molecule has 0 rings (SSSR count). The quantitative estimate of drug-likeness (QED) is 0.134. The van der Waals surface area contributed by atoms with Crippen molar-refractivity contribution in [1.82, 2.24) is 5.32 Å². The average molecular weight is 654 g/mol. The standard InChI is InChI=1S/C11H23NO2.2C7H15NO2.C7H14O2.2CH4/c1-5-6-7-8-9(12)10(13)14-11(2,3)4;1-7(2,3)10-6(9)5-8-4;1-7(2,3)10-6(9)4-5-8;1-5-6(8)9-7(2,3)4;;/h9H,5-8,12H2,1-4H3;8H,5H2,1-4H3;4-5,8H2,1-3H3;5H2,1-4H3;2*1H4. The third-order valence-electron chi connectivity index (χ3n) is 4.05. The minimum atomic E-state index is -0.458. The largest absolute Gasteiger partial charge is 0.460 e. The normalized spacial score (nSPS) is 11.5. The van der Waals surface area contributed by atoms with Crippen LogP contribution in [0.2, 0.25) is 0 Å². The van der Waals surface area contributed by atoms with Crippen molar-refractivity contribution in [3.05, 3.63) is 0 Å². The second-order valence-electron chi connectivity index (χ2n) is 13.8. The Morgan fingerprint density at radius 2 is 1.02 bits per heavy atom. The van der Waals surface area contributed by atoms with Gasteiger partial charge in [-0.2, -0.15) is 0 Å². The van der Waals surface area contributed by atoms with E-state index in [0.717, 1.165) is 25.7 Å². The van der Waals surface area contributed by atoms with E-state index in [1.807, 2.05) is 83.1 Å². The van der Waals surface area contributed by atoms with Crippen LogP contribution >= 0.6 is 0 Å². The highest BCUT2D eigenvalue weighted by atomic mass is 16.6. The fourth-order valence-electron chi connectivity index (χ4n) is 2.56. The summed E-state index contributed by atoms with van der Waals surface area (Å²) >= 11 is 0. The van der Waals surface area contributed by atoms with Crippen LogP contribution in [0.5, 0.6) is 0 Å². The number of ether oxygens (including phenoxy) is 4. The highest BCUT2D eigenvalue weighted by Gasteiger charge is 2.21. The SMILES string of the molecule is C.C.CC(C)(C)OC(=O)CCN.CCC(=O)OC(C)(C)C.CCCCCC(N)C(=O)OC(C)(C)C.CNCC(=O)OC(C)(C)C. The second-order valence-corrected chi connectivity index (χ2v) is 13.8. The van der Waals surface area contributed by atoms with Gasteiger partial charge < -0.3 is 35.7 Å². The van der Waals surface area contributed by atoms with Gasteiger partial charge in [-0.15, -0.1) is 0 Å². The number of carbonyl (C=O) groups excluding carboxylic acids is 4. The third kappa shape index (κ3) is 54.6. The van der Waals surface area contributed by atoms with Crippen molar-refractivity contribution in [2.24, 2.45) is 11.5 Å². The fraction of sp³-hybridized carbons (Fsp3) is 0.882. The summed E-state index contributed by atoms with van der Waals surface area (Å²) in [6.45, 7) is 26.7. The van der Waals surface area contributed by atoms with Gasteiger partial charge in [0.25, 0.3) is 0 Å². The number of hydrogen-bond acceptors (Lipinski definition) is 11. The Morgan fingerprint density at radius 1 is 0.644 bits per heavy atom. The van der Waals surface area contributed by atoms with Crippen molar-refractivity contribution in [2.45, 2.75) is 179 Å². The summed E-state index contributed by atoms with van der Waals surface area (Å²) in [5, 5.41) is 2.72. The van der Waals surface area contributed by atoms with Gasteiger partial charge in [-0.3, -0.25) is 19.2 Å². The van der Waals surface area contributed by atoms with Gasteiger partial charge in [0.05, 0.1) is 13.0 Å². The highest BCUT2D eigenvalue weighted by molar-refractivity contribution is 5.75. The van der Waals surface area contributed by atoms with Gasteiger partial charge in [0, 0.05) is 13.0 Å². The number of nitrogens with two attached hydrogens (primary N) is 2. The number of likely N-dealkylation sites (N-methyl/N-ethyl adjacent to an activating group) is 1. The van der Waals surface area contributed by atoms with Crippen LogP contribution in [0.4, 0.5) is 0 Å². The van der Waals surface area contributed by atoms with Gasteiger partial charge in [-0.05, 0) is 96.6 Å². The molecule has 0 fully saturated rings. The molecule has 0 heterocycles. The van der Waals surface area contributed by atoms with Crippen molar-refractivity contribution in [3.8, 4) is 0 Å². The number of rotatable bonds is 10. The Bertz CT molecular complexity index is 729. The van der Waals surface area contributed by atoms with E-state index in [2.05, 4.69) is 12.2 Å². The molecule has 0 aromatic carbocycles. The number of unbranched alkanes of at least 4 members (excludes halogenated alkanes) is 2. The molecule has 11 heteroatoms. The van der Waals surface area contributed by atoms with Crippen LogP contribution in [0, 0.1) is 0 Å². The molecule has 0 aliphatic rings. The molecule has 0 aliphatic carbocycles. The van der Waals surface area contributed by atoms with Crippen molar-refractivity contribution in [3.63, 3.8) is 0 Å². The summed E-state index contributed by atoms with van der Waals surface area (Å²) in [5.41, 5.74) is 9.33. The minimum Gasteiger partial charge on any atom is -0.460 e. The Morgan fingerprint density at radius 3 is 1.31 bits per heavy atom. The Kier molecular flexibility index (Phi) is 34.4. The zero-order valence-electron chi connectivity index (χ0n) is 30.2. The number of nitrogens with one attached hydrogen (secondary N) is 1. The monoisotopic (exact) mass is 654 g/mol. The molecule has 0 saturated heterocycles. The molecule has 5 N–H and O–H groups in total. The third-order valence-corrected chi connectivity index (χ3v) is 4.05. The molecular weight excluding hydrogens is 578 g/mol. The van der Waals surface area contributed by atoms with E-state index < -0.39 is 11.6 Å². The molecule has 0 spiro atoms. The molecule has 0 aromatic rings. The van der Waals surface area contributed by atoms with Crippen LogP contribution in [0.15, 0.2) is 0 Å². The summed E-state index contributed by atoms with van der Waals surface area (Å²) in [7, 11) is 1.71. The molecule has 1 atom stereocenters. The zero-order valence-corrected chi connectivity index (χ0v) is 30.2. The van der Waals surface area contributed by atoms with Crippen LogP contribution in [0.1, 0.15) is 150 Å². The topological polar surface area (TPSA) is 169 Å². The maximum Gasteiger partial charge on any atom is 0.323 e. The smallest absolute Gasteiger partial charge is 0.323 e. The molecule has 1 unspecified atom stereocenters. The van der Waals surface area contributed by atoms with Gasteiger partial charge in [0.1, 0.15) is 28.4 Å². The van der Waals surface area contributed by atoms with Crippen LogP contribution < -0.4 is 16.8 Å². The van der Waals surface area contributed by atoms with Crippen LogP contribution in [-0.4, -0.2) is 72.5 Å². The summed E-state index contributed by atoms with van der Waals surface area (Å²) in [4.78, 5) is 43.5. The zero-order chi connectivity index (χ0) is 35.1. The second kappa shape index (κ2) is 28.0. The number of hydrogen-bond donors (Lipinski definition) is 3. The van der Waals surface area contributed by atoms with Gasteiger partial charge in [-0.1, -0.05) is 48.0 Å². The molecular formula is C34H75N3O8.